The van der Waals surface area contributed by atoms with Crippen LogP contribution in [-0.2, 0) is 12.6 Å². The second kappa shape index (κ2) is 8.31. The molecule has 8 nitrogen and oxygen atoms in total. The molecule has 5 rings (SSSR count). The predicted molar refractivity (Wildman–Crippen MR) is 122 cm³/mol. The van der Waals surface area contributed by atoms with E-state index in [0.29, 0.717) is 17.1 Å². The van der Waals surface area contributed by atoms with Crippen molar-refractivity contribution in [1.29, 1.82) is 0 Å². The van der Waals surface area contributed by atoms with Crippen LogP contribution >= 0.6 is 11.3 Å². The maximum Gasteiger partial charge on any atom is 0.437 e. The first-order chi connectivity index (χ1) is 16.5. The third-order valence-electron chi connectivity index (χ3n) is 5.47. The molecule has 0 fully saturated rings. The summed E-state index contributed by atoms with van der Waals surface area (Å²) in [5.74, 6) is -2.32. The SMILES string of the molecule is CC(C)(O)/C=C/c1nc(C(F)(F)F)c(C(=O)N2CCc3[nH]cnc3[C@H]2c2nc3ccccc3s2)o1. The van der Waals surface area contributed by atoms with E-state index in [4.69, 9.17) is 4.42 Å². The number of amides is 1. The van der Waals surface area contributed by atoms with Crippen LogP contribution in [0.5, 0.6) is 0 Å². The van der Waals surface area contributed by atoms with Crippen LogP contribution in [0.3, 0.4) is 0 Å². The molecule has 1 aliphatic heterocycles. The molecule has 0 radical (unpaired) electrons. The Hall–Kier alpha value is -3.51. The number of oxazole rings is 1. The van der Waals surface area contributed by atoms with Crippen LogP contribution in [-0.4, -0.2) is 48.0 Å². The third kappa shape index (κ3) is 4.46. The second-order valence-electron chi connectivity index (χ2n) is 8.65. The molecule has 182 valence electrons. The average Bonchev–Trinajstić information content (AvgIpc) is 3.53. The Morgan fingerprint density at radius 2 is 2.06 bits per heavy atom. The molecule has 4 heterocycles. The van der Waals surface area contributed by atoms with Crippen LogP contribution in [0.4, 0.5) is 13.2 Å². The van der Waals surface area contributed by atoms with E-state index in [-0.39, 0.29) is 6.54 Å². The first-order valence-corrected chi connectivity index (χ1v) is 11.5. The molecule has 4 aromatic rings. The van der Waals surface area contributed by atoms with Gasteiger partial charge in [-0.3, -0.25) is 4.79 Å². The van der Waals surface area contributed by atoms with Crippen molar-refractivity contribution >= 4 is 33.5 Å². The number of alkyl halides is 3. The number of aliphatic hydroxyl groups is 1. The fourth-order valence-corrected chi connectivity index (χ4v) is 4.99. The van der Waals surface area contributed by atoms with Gasteiger partial charge in [0.1, 0.15) is 11.0 Å². The lowest BCUT2D eigenvalue weighted by Gasteiger charge is -2.33. The standard InChI is InChI=1S/C23H20F3N5O3S/c1-22(2,33)9-7-15-30-19(23(24,25)26)18(34-15)21(32)31-10-8-13-16(28-11-27-13)17(31)20-29-12-5-3-4-6-14(12)35-20/h3-7,9,11,17,33H,8,10H2,1-2H3,(H,27,28)/b9-7+/t17-/m0/s1. The van der Waals surface area contributed by atoms with Crippen LogP contribution in [0.2, 0.25) is 0 Å². The van der Waals surface area contributed by atoms with Gasteiger partial charge in [-0.25, -0.2) is 15.0 Å². The van der Waals surface area contributed by atoms with Crippen molar-refractivity contribution in [3.63, 3.8) is 0 Å². The average molecular weight is 504 g/mol. The topological polar surface area (TPSA) is 108 Å². The fourth-order valence-electron chi connectivity index (χ4n) is 3.90. The summed E-state index contributed by atoms with van der Waals surface area (Å²) in [6.45, 7) is 3.02. The number of para-hydroxylation sites is 1. The predicted octanol–water partition coefficient (Wildman–Crippen LogP) is 4.60. The lowest BCUT2D eigenvalue weighted by molar-refractivity contribution is -0.141. The first kappa shape index (κ1) is 23.2. The molecule has 0 spiro atoms. The van der Waals surface area contributed by atoms with Crippen LogP contribution in [0.1, 0.15) is 58.4 Å². The summed E-state index contributed by atoms with van der Waals surface area (Å²) in [7, 11) is 0. The molecular weight excluding hydrogens is 483 g/mol. The Bertz CT molecular complexity index is 1400. The molecule has 2 N–H and O–H groups in total. The molecule has 1 amide bonds. The molecule has 0 bridgehead atoms. The zero-order chi connectivity index (χ0) is 25.0. The zero-order valence-corrected chi connectivity index (χ0v) is 19.4. The lowest BCUT2D eigenvalue weighted by atomic mass is 10.0. The van der Waals surface area contributed by atoms with Gasteiger partial charge in [0.15, 0.2) is 5.69 Å². The summed E-state index contributed by atoms with van der Waals surface area (Å²) in [6.07, 6.45) is -0.710. The number of benzene rings is 1. The van der Waals surface area contributed by atoms with Crippen molar-refractivity contribution in [3.05, 3.63) is 70.4 Å². The minimum Gasteiger partial charge on any atom is -0.431 e. The number of hydrogen-bond donors (Lipinski definition) is 2. The smallest absolute Gasteiger partial charge is 0.431 e. The largest absolute Gasteiger partial charge is 0.437 e. The van der Waals surface area contributed by atoms with Gasteiger partial charge in [-0.15, -0.1) is 11.3 Å². The highest BCUT2D eigenvalue weighted by Crippen LogP contribution is 2.40. The number of halogens is 3. The molecule has 3 aromatic heterocycles. The van der Waals surface area contributed by atoms with Gasteiger partial charge in [0, 0.05) is 18.7 Å². The van der Waals surface area contributed by atoms with Crippen molar-refractivity contribution in [2.24, 2.45) is 0 Å². The molecule has 0 saturated carbocycles. The van der Waals surface area contributed by atoms with E-state index in [0.717, 1.165) is 22.0 Å². The zero-order valence-electron chi connectivity index (χ0n) is 18.6. The third-order valence-corrected chi connectivity index (χ3v) is 6.56. The molecule has 0 aliphatic carbocycles. The summed E-state index contributed by atoms with van der Waals surface area (Å²) in [5, 5.41) is 10.4. The van der Waals surface area contributed by atoms with E-state index in [1.54, 1.807) is 0 Å². The van der Waals surface area contributed by atoms with Crippen LogP contribution in [0, 0.1) is 0 Å². The summed E-state index contributed by atoms with van der Waals surface area (Å²) in [5.41, 5.74) is -0.691. The van der Waals surface area contributed by atoms with Gasteiger partial charge in [0.05, 0.1) is 27.8 Å². The maximum absolute atomic E-state index is 13.8. The number of fused-ring (bicyclic) bond motifs is 2. The van der Waals surface area contributed by atoms with E-state index in [9.17, 15) is 23.1 Å². The highest BCUT2D eigenvalue weighted by atomic mass is 32.1. The number of nitrogens with zero attached hydrogens (tertiary/aromatic N) is 4. The van der Waals surface area contributed by atoms with Crippen molar-refractivity contribution in [3.8, 4) is 0 Å². The molecule has 0 saturated heterocycles. The first-order valence-electron chi connectivity index (χ1n) is 10.7. The van der Waals surface area contributed by atoms with Crippen molar-refractivity contribution in [1.82, 2.24) is 24.8 Å². The van der Waals surface area contributed by atoms with E-state index in [1.807, 2.05) is 24.3 Å². The summed E-state index contributed by atoms with van der Waals surface area (Å²) >= 11 is 1.35. The number of carbonyl (C=O) groups is 1. The van der Waals surface area contributed by atoms with Gasteiger partial charge in [0.2, 0.25) is 11.7 Å². The summed E-state index contributed by atoms with van der Waals surface area (Å²) < 4.78 is 47.6. The van der Waals surface area contributed by atoms with Crippen molar-refractivity contribution < 1.29 is 27.5 Å². The van der Waals surface area contributed by atoms with Gasteiger partial charge in [-0.2, -0.15) is 13.2 Å². The molecule has 0 unspecified atom stereocenters. The second-order valence-corrected chi connectivity index (χ2v) is 9.71. The molecule has 1 aliphatic rings. The Morgan fingerprint density at radius 3 is 2.77 bits per heavy atom. The molecule has 1 aromatic carbocycles. The van der Waals surface area contributed by atoms with E-state index < -0.39 is 41.1 Å². The molecule has 1 atom stereocenters. The molecule has 35 heavy (non-hydrogen) atoms. The quantitative estimate of drug-likeness (QED) is 0.422. The number of aromatic amines is 1. The Kier molecular flexibility index (Phi) is 5.52. The summed E-state index contributed by atoms with van der Waals surface area (Å²) in [6, 6.07) is 6.62. The van der Waals surface area contributed by atoms with Crippen molar-refractivity contribution in [2.75, 3.05) is 6.54 Å². The number of aromatic nitrogens is 4. The van der Waals surface area contributed by atoms with Gasteiger partial charge in [-0.1, -0.05) is 12.1 Å². The van der Waals surface area contributed by atoms with E-state index in [1.165, 1.54) is 42.5 Å². The Labute approximate surface area is 201 Å². The fraction of sp³-hybridized carbons (Fsp3) is 0.304. The van der Waals surface area contributed by atoms with Crippen LogP contribution in [0.25, 0.3) is 16.3 Å². The number of nitrogens with one attached hydrogen (secondary N) is 1. The van der Waals surface area contributed by atoms with E-state index >= 15 is 0 Å². The maximum atomic E-state index is 13.8. The number of imidazole rings is 1. The Balaban J connectivity index is 1.59. The highest BCUT2D eigenvalue weighted by Gasteiger charge is 2.45. The highest BCUT2D eigenvalue weighted by molar-refractivity contribution is 7.18. The number of rotatable bonds is 4. The van der Waals surface area contributed by atoms with Crippen molar-refractivity contribution in [2.45, 2.75) is 38.1 Å². The minimum atomic E-state index is -4.92. The van der Waals surface area contributed by atoms with E-state index in [2.05, 4.69) is 19.9 Å². The number of hydrogen-bond acceptors (Lipinski definition) is 7. The van der Waals surface area contributed by atoms with Gasteiger partial charge >= 0.3 is 6.18 Å². The van der Waals surface area contributed by atoms with Gasteiger partial charge in [0.25, 0.3) is 5.91 Å². The number of H-pyrrole nitrogens is 1. The normalized spacial score (nSPS) is 16.9. The molecular formula is C23H20F3N5O3S. The lowest BCUT2D eigenvalue weighted by Crippen LogP contribution is -2.41. The van der Waals surface area contributed by atoms with Crippen LogP contribution < -0.4 is 0 Å². The number of carbonyl (C=O) groups excluding carboxylic acids is 1. The summed E-state index contributed by atoms with van der Waals surface area (Å²) in [4.78, 5) is 30.4. The minimum absolute atomic E-state index is 0.126. The molecule has 12 heteroatoms. The van der Waals surface area contributed by atoms with Gasteiger partial charge in [-0.05, 0) is 38.1 Å². The monoisotopic (exact) mass is 503 g/mol. The Morgan fingerprint density at radius 1 is 1.29 bits per heavy atom. The number of thiazole rings is 1. The van der Waals surface area contributed by atoms with Gasteiger partial charge < -0.3 is 19.4 Å². The van der Waals surface area contributed by atoms with Crippen LogP contribution in [0.15, 0.2) is 41.1 Å².